The van der Waals surface area contributed by atoms with Crippen molar-refractivity contribution in [2.75, 3.05) is 41.9 Å². The minimum atomic E-state index is -4.21. The van der Waals surface area contributed by atoms with Crippen LogP contribution in [0, 0.1) is 16.0 Å². The Bertz CT molecular complexity index is 792. The van der Waals surface area contributed by atoms with Crippen molar-refractivity contribution in [2.45, 2.75) is 37.9 Å². The molecule has 0 bridgehead atoms. The molecule has 0 spiro atoms. The maximum Gasteiger partial charge on any atom is 0.391 e. The van der Waals surface area contributed by atoms with Gasteiger partial charge in [-0.15, -0.1) is 0 Å². The second kappa shape index (κ2) is 9.32. The summed E-state index contributed by atoms with van der Waals surface area (Å²) in [7, 11) is 1.58. The fraction of sp³-hybridized carbons (Fsp3) is 0.632. The average Bonchev–Trinajstić information content (AvgIpc) is 2.73. The SMILES string of the molecule is CNc1cc(N2CCSCC2)c(C(=O)NC2CCC(C(F)(F)F)CC2)cc1[N+](=O)[O-]. The van der Waals surface area contributed by atoms with Crippen molar-refractivity contribution in [1.29, 1.82) is 0 Å². The normalized spacial score (nSPS) is 22.5. The number of nitro benzene ring substituents is 1. The van der Waals surface area contributed by atoms with E-state index >= 15 is 0 Å². The van der Waals surface area contributed by atoms with Gasteiger partial charge in [0, 0.05) is 43.8 Å². The van der Waals surface area contributed by atoms with Gasteiger partial charge in [0.15, 0.2) is 0 Å². The summed E-state index contributed by atoms with van der Waals surface area (Å²) in [4.78, 5) is 26.0. The Morgan fingerprint density at radius 3 is 2.37 bits per heavy atom. The number of hydrogen-bond donors (Lipinski definition) is 2. The molecule has 3 rings (SSSR count). The van der Waals surface area contributed by atoms with Gasteiger partial charge in [-0.2, -0.15) is 24.9 Å². The quantitative estimate of drug-likeness (QED) is 0.524. The topological polar surface area (TPSA) is 87.5 Å². The fourth-order valence-corrected chi connectivity index (χ4v) is 4.91. The number of carbonyl (C=O) groups is 1. The molecule has 11 heteroatoms. The zero-order chi connectivity index (χ0) is 21.9. The minimum Gasteiger partial charge on any atom is -0.383 e. The number of thioether (sulfide) groups is 1. The molecular weight excluding hydrogens is 421 g/mol. The zero-order valence-electron chi connectivity index (χ0n) is 16.6. The van der Waals surface area contributed by atoms with Crippen LogP contribution in [0.3, 0.4) is 0 Å². The van der Waals surface area contributed by atoms with Crippen LogP contribution >= 0.6 is 11.8 Å². The van der Waals surface area contributed by atoms with Crippen molar-refractivity contribution < 1.29 is 22.9 Å². The largest absolute Gasteiger partial charge is 0.391 e. The highest BCUT2D eigenvalue weighted by Crippen LogP contribution is 2.38. The van der Waals surface area contributed by atoms with Crippen molar-refractivity contribution in [3.63, 3.8) is 0 Å². The van der Waals surface area contributed by atoms with E-state index in [1.807, 2.05) is 4.90 Å². The van der Waals surface area contributed by atoms with Crippen LogP contribution in [-0.4, -0.2) is 54.7 Å². The lowest BCUT2D eigenvalue weighted by atomic mass is 9.85. The van der Waals surface area contributed by atoms with Gasteiger partial charge < -0.3 is 15.5 Å². The van der Waals surface area contributed by atoms with Crippen LogP contribution in [0.4, 0.5) is 30.2 Å². The first-order valence-electron chi connectivity index (χ1n) is 9.91. The minimum absolute atomic E-state index is 0.0243. The van der Waals surface area contributed by atoms with Crippen LogP contribution in [-0.2, 0) is 0 Å². The van der Waals surface area contributed by atoms with Crippen LogP contribution < -0.4 is 15.5 Å². The Balaban J connectivity index is 1.83. The van der Waals surface area contributed by atoms with E-state index in [1.54, 1.807) is 24.9 Å². The number of rotatable bonds is 5. The van der Waals surface area contributed by atoms with Crippen molar-refractivity contribution in [1.82, 2.24) is 5.32 Å². The van der Waals surface area contributed by atoms with E-state index in [4.69, 9.17) is 0 Å². The molecule has 30 heavy (non-hydrogen) atoms. The molecule has 1 amide bonds. The molecule has 7 nitrogen and oxygen atoms in total. The van der Waals surface area contributed by atoms with Crippen LogP contribution in [0.15, 0.2) is 12.1 Å². The summed E-state index contributed by atoms with van der Waals surface area (Å²) >= 11 is 1.80. The van der Waals surface area contributed by atoms with E-state index in [0.717, 1.165) is 11.5 Å². The molecule has 1 aliphatic carbocycles. The summed E-state index contributed by atoms with van der Waals surface area (Å²) in [6.45, 7) is 1.42. The van der Waals surface area contributed by atoms with Gasteiger partial charge in [-0.3, -0.25) is 14.9 Å². The van der Waals surface area contributed by atoms with Crippen molar-refractivity contribution in [3.8, 4) is 0 Å². The second-order valence-corrected chi connectivity index (χ2v) is 8.78. The summed E-state index contributed by atoms with van der Waals surface area (Å²) in [5.41, 5.74) is 0.895. The Hall–Kier alpha value is -2.17. The number of anilines is 2. The molecule has 0 aromatic heterocycles. The first kappa shape index (κ1) is 22.5. The van der Waals surface area contributed by atoms with E-state index in [-0.39, 0.29) is 43.0 Å². The molecule has 0 unspecified atom stereocenters. The molecule has 2 aliphatic rings. The van der Waals surface area contributed by atoms with Crippen LogP contribution in [0.2, 0.25) is 0 Å². The van der Waals surface area contributed by atoms with Crippen molar-refractivity contribution in [3.05, 3.63) is 27.8 Å². The lowest BCUT2D eigenvalue weighted by molar-refractivity contribution is -0.384. The third-order valence-electron chi connectivity index (χ3n) is 5.70. The molecule has 2 fully saturated rings. The first-order chi connectivity index (χ1) is 14.2. The monoisotopic (exact) mass is 446 g/mol. The Morgan fingerprint density at radius 2 is 1.83 bits per heavy atom. The molecular formula is C19H25F3N4O3S. The maximum absolute atomic E-state index is 13.0. The van der Waals surface area contributed by atoms with E-state index in [1.165, 1.54) is 6.07 Å². The molecule has 1 saturated heterocycles. The number of carbonyl (C=O) groups excluding carboxylic acids is 1. The van der Waals surface area contributed by atoms with Gasteiger partial charge in [-0.1, -0.05) is 0 Å². The van der Waals surface area contributed by atoms with Gasteiger partial charge in [0.2, 0.25) is 0 Å². The Kier molecular flexibility index (Phi) is 6.99. The smallest absolute Gasteiger partial charge is 0.383 e. The number of benzene rings is 1. The number of hydrogen-bond acceptors (Lipinski definition) is 6. The molecule has 1 heterocycles. The summed E-state index contributed by atoms with van der Waals surface area (Å²) in [6, 6.07) is 2.51. The van der Waals surface area contributed by atoms with E-state index in [2.05, 4.69) is 10.6 Å². The van der Waals surface area contributed by atoms with Gasteiger partial charge in [0.05, 0.1) is 22.1 Å². The van der Waals surface area contributed by atoms with E-state index in [9.17, 15) is 28.1 Å². The number of amides is 1. The summed E-state index contributed by atoms with van der Waals surface area (Å²) in [6.07, 6.45) is -3.78. The van der Waals surface area contributed by atoms with Crippen LogP contribution in [0.5, 0.6) is 0 Å². The first-order valence-corrected chi connectivity index (χ1v) is 11.1. The second-order valence-electron chi connectivity index (χ2n) is 7.56. The predicted molar refractivity (Wildman–Crippen MR) is 111 cm³/mol. The Labute approximate surface area is 176 Å². The molecule has 1 saturated carbocycles. The molecule has 166 valence electrons. The standard InChI is InChI=1S/C19H25F3N4O3S/c1-23-15-11-16(25-6-8-30-9-7-25)14(10-17(15)26(28)29)18(27)24-13-4-2-12(3-5-13)19(20,21)22/h10-13,23H,2-9H2,1H3,(H,24,27). The fourth-order valence-electron chi connectivity index (χ4n) is 4.00. The van der Waals surface area contributed by atoms with Gasteiger partial charge in [-0.25, -0.2) is 0 Å². The highest BCUT2D eigenvalue weighted by molar-refractivity contribution is 7.99. The Morgan fingerprint density at radius 1 is 1.20 bits per heavy atom. The highest BCUT2D eigenvalue weighted by atomic mass is 32.2. The maximum atomic E-state index is 13.0. The third-order valence-corrected chi connectivity index (χ3v) is 6.64. The van der Waals surface area contributed by atoms with Crippen molar-refractivity contribution >= 4 is 34.7 Å². The van der Waals surface area contributed by atoms with E-state index < -0.39 is 22.9 Å². The van der Waals surface area contributed by atoms with Crippen molar-refractivity contribution in [2.24, 2.45) is 5.92 Å². The molecule has 2 N–H and O–H groups in total. The number of nitrogens with one attached hydrogen (secondary N) is 2. The molecule has 0 radical (unpaired) electrons. The number of nitrogens with zero attached hydrogens (tertiary/aromatic N) is 2. The predicted octanol–water partition coefficient (Wildman–Crippen LogP) is 4.04. The lowest BCUT2D eigenvalue weighted by Crippen LogP contribution is -2.41. The van der Waals surface area contributed by atoms with Gasteiger partial charge in [-0.05, 0) is 31.7 Å². The average molecular weight is 446 g/mol. The lowest BCUT2D eigenvalue weighted by Gasteiger charge is -2.32. The van der Waals surface area contributed by atoms with Gasteiger partial charge >= 0.3 is 6.18 Å². The zero-order valence-corrected chi connectivity index (χ0v) is 17.4. The summed E-state index contributed by atoms with van der Waals surface area (Å²) in [5.74, 6) is -0.0459. The molecule has 1 aliphatic heterocycles. The molecule has 1 aromatic rings. The number of nitro groups is 1. The number of alkyl halides is 3. The van der Waals surface area contributed by atoms with Gasteiger partial charge in [0.1, 0.15) is 5.69 Å². The molecule has 1 aromatic carbocycles. The third kappa shape index (κ3) is 5.11. The van der Waals surface area contributed by atoms with Gasteiger partial charge in [0.25, 0.3) is 11.6 Å². The van der Waals surface area contributed by atoms with Crippen LogP contribution in [0.1, 0.15) is 36.0 Å². The highest BCUT2D eigenvalue weighted by Gasteiger charge is 2.41. The summed E-state index contributed by atoms with van der Waals surface area (Å²) in [5, 5.41) is 17.1. The number of halogens is 3. The van der Waals surface area contributed by atoms with Crippen LogP contribution in [0.25, 0.3) is 0 Å². The molecule has 0 atom stereocenters. The summed E-state index contributed by atoms with van der Waals surface area (Å²) < 4.78 is 38.6. The van der Waals surface area contributed by atoms with E-state index in [0.29, 0.717) is 24.5 Å².